The van der Waals surface area contributed by atoms with Gasteiger partial charge >= 0.3 is 0 Å². The Bertz CT molecular complexity index is 556. The second-order valence-electron chi connectivity index (χ2n) is 4.41. The second-order valence-corrected chi connectivity index (χ2v) is 4.41. The maximum absolute atomic E-state index is 12.7. The Kier molecular flexibility index (Phi) is 5.40. The van der Waals surface area contributed by atoms with Crippen LogP contribution in [0.4, 0.5) is 4.39 Å². The van der Waals surface area contributed by atoms with Gasteiger partial charge in [-0.15, -0.1) is 0 Å². The summed E-state index contributed by atoms with van der Waals surface area (Å²) in [6.45, 7) is 0.157. The van der Waals surface area contributed by atoms with E-state index < -0.39 is 6.10 Å². The fourth-order valence-electron chi connectivity index (χ4n) is 1.65. The van der Waals surface area contributed by atoms with Gasteiger partial charge in [0.15, 0.2) is 0 Å². The molecule has 0 aliphatic heterocycles. The molecule has 21 heavy (non-hydrogen) atoms. The summed E-state index contributed by atoms with van der Waals surface area (Å²) in [5.74, 6) is 1.46. The van der Waals surface area contributed by atoms with Gasteiger partial charge in [0.05, 0.1) is 7.11 Å². The van der Waals surface area contributed by atoms with Crippen LogP contribution in [0.15, 0.2) is 48.5 Å². The number of hydrogen-bond donors (Lipinski definition) is 1. The second kappa shape index (κ2) is 7.50. The first-order chi connectivity index (χ1) is 10.2. The lowest BCUT2D eigenvalue weighted by Gasteiger charge is -2.14. The van der Waals surface area contributed by atoms with Crippen LogP contribution in [0.5, 0.6) is 17.2 Å². The summed E-state index contributed by atoms with van der Waals surface area (Å²) < 4.78 is 28.6. The third-order valence-electron chi connectivity index (χ3n) is 2.74. The molecule has 0 saturated heterocycles. The fraction of sp³-hybridized carbons (Fsp3) is 0.250. The van der Waals surface area contributed by atoms with E-state index in [1.807, 2.05) is 0 Å². The molecule has 0 radical (unpaired) electrons. The molecule has 2 aromatic rings. The molecule has 2 rings (SSSR count). The summed E-state index contributed by atoms with van der Waals surface area (Å²) in [5.41, 5.74) is 0. The zero-order valence-electron chi connectivity index (χ0n) is 11.7. The minimum absolute atomic E-state index is 0.0651. The highest BCUT2D eigenvalue weighted by Crippen LogP contribution is 2.19. The molecular weight excluding hydrogens is 275 g/mol. The molecule has 0 spiro atoms. The van der Waals surface area contributed by atoms with Gasteiger partial charge < -0.3 is 19.3 Å². The number of rotatable bonds is 7. The molecule has 0 saturated carbocycles. The summed E-state index contributed by atoms with van der Waals surface area (Å²) >= 11 is 0. The number of ether oxygens (including phenoxy) is 3. The van der Waals surface area contributed by atoms with E-state index in [1.54, 1.807) is 31.4 Å². The summed E-state index contributed by atoms with van der Waals surface area (Å²) in [4.78, 5) is 0. The number of halogens is 1. The average molecular weight is 292 g/mol. The minimum Gasteiger partial charge on any atom is -0.497 e. The van der Waals surface area contributed by atoms with Crippen LogP contribution < -0.4 is 14.2 Å². The van der Waals surface area contributed by atoms with E-state index in [4.69, 9.17) is 14.2 Å². The van der Waals surface area contributed by atoms with Crippen LogP contribution in [0, 0.1) is 5.82 Å². The SMILES string of the molecule is COc1cccc(OCC(O)COc2ccc(F)cc2)c1. The third kappa shape index (κ3) is 4.96. The molecule has 2 aromatic carbocycles. The third-order valence-corrected chi connectivity index (χ3v) is 2.74. The van der Waals surface area contributed by atoms with E-state index in [9.17, 15) is 9.50 Å². The van der Waals surface area contributed by atoms with Gasteiger partial charge in [-0.05, 0) is 36.4 Å². The molecule has 0 aliphatic rings. The van der Waals surface area contributed by atoms with Crippen molar-refractivity contribution in [2.45, 2.75) is 6.10 Å². The summed E-state index contributed by atoms with van der Waals surface area (Å²) in [6, 6.07) is 12.7. The average Bonchev–Trinajstić information content (AvgIpc) is 2.52. The first-order valence-corrected chi connectivity index (χ1v) is 6.50. The monoisotopic (exact) mass is 292 g/mol. The summed E-state index contributed by atoms with van der Waals surface area (Å²) in [7, 11) is 1.57. The molecule has 0 heterocycles. The molecule has 0 bridgehead atoms. The normalized spacial score (nSPS) is 11.8. The van der Waals surface area contributed by atoms with Crippen molar-refractivity contribution in [3.05, 3.63) is 54.3 Å². The lowest BCUT2D eigenvalue weighted by Crippen LogP contribution is -2.25. The topological polar surface area (TPSA) is 47.9 Å². The lowest BCUT2D eigenvalue weighted by atomic mass is 10.3. The van der Waals surface area contributed by atoms with E-state index >= 15 is 0 Å². The Morgan fingerprint density at radius 1 is 0.952 bits per heavy atom. The molecule has 5 heteroatoms. The number of aliphatic hydroxyl groups is 1. The van der Waals surface area contributed by atoms with Crippen molar-refractivity contribution in [3.8, 4) is 17.2 Å². The van der Waals surface area contributed by atoms with Gasteiger partial charge in [-0.3, -0.25) is 0 Å². The van der Waals surface area contributed by atoms with Crippen LogP contribution in [0.2, 0.25) is 0 Å². The van der Waals surface area contributed by atoms with Gasteiger partial charge in [0.1, 0.15) is 42.4 Å². The lowest BCUT2D eigenvalue weighted by molar-refractivity contribution is 0.0625. The largest absolute Gasteiger partial charge is 0.497 e. The van der Waals surface area contributed by atoms with Crippen LogP contribution in [-0.4, -0.2) is 31.5 Å². The smallest absolute Gasteiger partial charge is 0.123 e. The van der Waals surface area contributed by atoms with Gasteiger partial charge in [-0.25, -0.2) is 4.39 Å². The van der Waals surface area contributed by atoms with Gasteiger partial charge in [0.25, 0.3) is 0 Å². The molecule has 1 atom stereocenters. The molecule has 1 unspecified atom stereocenters. The predicted molar refractivity (Wildman–Crippen MR) is 76.4 cm³/mol. The number of benzene rings is 2. The maximum atomic E-state index is 12.7. The maximum Gasteiger partial charge on any atom is 0.123 e. The van der Waals surface area contributed by atoms with Crippen molar-refractivity contribution in [2.24, 2.45) is 0 Å². The highest BCUT2D eigenvalue weighted by molar-refractivity contribution is 5.32. The molecule has 0 aliphatic carbocycles. The van der Waals surface area contributed by atoms with Crippen LogP contribution in [0.25, 0.3) is 0 Å². The Balaban J connectivity index is 1.76. The van der Waals surface area contributed by atoms with E-state index in [-0.39, 0.29) is 19.0 Å². The molecular formula is C16H17FO4. The standard InChI is InChI=1S/C16H17FO4/c1-19-15-3-2-4-16(9-15)21-11-13(18)10-20-14-7-5-12(17)6-8-14/h2-9,13,18H,10-11H2,1H3. The zero-order chi connectivity index (χ0) is 15.1. The number of methoxy groups -OCH3 is 1. The Hall–Kier alpha value is -2.27. The molecule has 0 fully saturated rings. The molecule has 112 valence electrons. The quantitative estimate of drug-likeness (QED) is 0.852. The van der Waals surface area contributed by atoms with Gasteiger partial charge in [0.2, 0.25) is 0 Å². The van der Waals surface area contributed by atoms with E-state index in [0.29, 0.717) is 17.2 Å². The van der Waals surface area contributed by atoms with Crippen molar-refractivity contribution in [2.75, 3.05) is 20.3 Å². The minimum atomic E-state index is -0.791. The number of hydrogen-bond acceptors (Lipinski definition) is 4. The molecule has 1 N–H and O–H groups in total. The van der Waals surface area contributed by atoms with Gasteiger partial charge in [-0.2, -0.15) is 0 Å². The summed E-state index contributed by atoms with van der Waals surface area (Å²) in [5, 5.41) is 9.80. The van der Waals surface area contributed by atoms with Crippen LogP contribution >= 0.6 is 0 Å². The van der Waals surface area contributed by atoms with Crippen molar-refractivity contribution in [1.82, 2.24) is 0 Å². The van der Waals surface area contributed by atoms with Crippen molar-refractivity contribution in [1.29, 1.82) is 0 Å². The molecule has 0 aromatic heterocycles. The Morgan fingerprint density at radius 2 is 1.57 bits per heavy atom. The molecule has 4 nitrogen and oxygen atoms in total. The fourth-order valence-corrected chi connectivity index (χ4v) is 1.65. The van der Waals surface area contributed by atoms with E-state index in [1.165, 1.54) is 24.3 Å². The van der Waals surface area contributed by atoms with E-state index in [2.05, 4.69) is 0 Å². The summed E-state index contributed by atoms with van der Waals surface area (Å²) in [6.07, 6.45) is -0.791. The van der Waals surface area contributed by atoms with E-state index in [0.717, 1.165) is 0 Å². The Morgan fingerprint density at radius 3 is 2.24 bits per heavy atom. The van der Waals surface area contributed by atoms with Crippen LogP contribution in [0.1, 0.15) is 0 Å². The first kappa shape index (κ1) is 15.1. The highest BCUT2D eigenvalue weighted by atomic mass is 19.1. The zero-order valence-corrected chi connectivity index (χ0v) is 11.7. The Labute approximate surface area is 122 Å². The van der Waals surface area contributed by atoms with Crippen molar-refractivity contribution >= 4 is 0 Å². The molecule has 0 amide bonds. The van der Waals surface area contributed by atoms with Crippen molar-refractivity contribution in [3.63, 3.8) is 0 Å². The van der Waals surface area contributed by atoms with Crippen LogP contribution in [0.3, 0.4) is 0 Å². The van der Waals surface area contributed by atoms with Gasteiger partial charge in [-0.1, -0.05) is 6.07 Å². The first-order valence-electron chi connectivity index (χ1n) is 6.50. The van der Waals surface area contributed by atoms with Crippen LogP contribution in [-0.2, 0) is 0 Å². The highest BCUT2D eigenvalue weighted by Gasteiger charge is 2.07. The predicted octanol–water partition coefficient (Wildman–Crippen LogP) is 2.65. The van der Waals surface area contributed by atoms with Crippen molar-refractivity contribution < 1.29 is 23.7 Å². The van der Waals surface area contributed by atoms with Gasteiger partial charge in [0, 0.05) is 6.07 Å². The number of aliphatic hydroxyl groups excluding tert-OH is 1.